The van der Waals surface area contributed by atoms with Crippen LogP contribution >= 0.6 is 0 Å². The predicted molar refractivity (Wildman–Crippen MR) is 66.2 cm³/mol. The number of Topliss-reactive ketones (excluding diaryl/α,β-unsaturated/α-hetero) is 1. The first-order valence-corrected chi connectivity index (χ1v) is 5.60. The van der Waals surface area contributed by atoms with Crippen molar-refractivity contribution < 1.29 is 14.3 Å². The van der Waals surface area contributed by atoms with Gasteiger partial charge < -0.3 is 4.74 Å². The first-order chi connectivity index (χ1) is 8.19. The third-order valence-corrected chi connectivity index (χ3v) is 2.27. The molecule has 0 radical (unpaired) electrons. The van der Waals surface area contributed by atoms with Crippen molar-refractivity contribution in [1.29, 1.82) is 0 Å². The Morgan fingerprint density at radius 3 is 2.71 bits per heavy atom. The van der Waals surface area contributed by atoms with E-state index in [0.717, 1.165) is 0 Å². The van der Waals surface area contributed by atoms with E-state index in [1.54, 1.807) is 37.3 Å². The van der Waals surface area contributed by atoms with Crippen LogP contribution in [0.4, 0.5) is 0 Å². The third-order valence-electron chi connectivity index (χ3n) is 2.27. The fourth-order valence-corrected chi connectivity index (χ4v) is 1.41. The minimum Gasteiger partial charge on any atom is -0.462 e. The van der Waals surface area contributed by atoms with Gasteiger partial charge in [0.1, 0.15) is 0 Å². The van der Waals surface area contributed by atoms with E-state index in [2.05, 4.69) is 6.58 Å². The van der Waals surface area contributed by atoms with E-state index < -0.39 is 5.97 Å². The number of hydrogen-bond acceptors (Lipinski definition) is 3. The molecule has 0 aliphatic rings. The normalized spacial score (nSPS) is 9.71. The van der Waals surface area contributed by atoms with E-state index in [1.807, 2.05) is 0 Å². The molecular weight excluding hydrogens is 216 g/mol. The number of carbonyl (C=O) groups is 2. The van der Waals surface area contributed by atoms with Crippen LogP contribution in [0.3, 0.4) is 0 Å². The van der Waals surface area contributed by atoms with Gasteiger partial charge in [0.2, 0.25) is 0 Å². The van der Waals surface area contributed by atoms with E-state index >= 15 is 0 Å². The van der Waals surface area contributed by atoms with E-state index in [9.17, 15) is 9.59 Å². The molecule has 1 aromatic rings. The highest BCUT2D eigenvalue weighted by atomic mass is 16.5. The molecule has 0 amide bonds. The second-order valence-electron chi connectivity index (χ2n) is 3.55. The highest BCUT2D eigenvalue weighted by molar-refractivity contribution is 5.99. The lowest BCUT2D eigenvalue weighted by Gasteiger charge is -2.04. The lowest BCUT2D eigenvalue weighted by molar-refractivity contribution is 0.0526. The summed E-state index contributed by atoms with van der Waals surface area (Å²) in [5.41, 5.74) is 0.953. The molecule has 0 aromatic heterocycles. The quantitative estimate of drug-likeness (QED) is 0.430. The van der Waals surface area contributed by atoms with Crippen molar-refractivity contribution in [2.75, 3.05) is 6.61 Å². The molecule has 0 atom stereocenters. The zero-order valence-corrected chi connectivity index (χ0v) is 9.94. The van der Waals surface area contributed by atoms with Gasteiger partial charge in [-0.3, -0.25) is 4.79 Å². The maximum Gasteiger partial charge on any atom is 0.338 e. The van der Waals surface area contributed by atoms with E-state index in [0.29, 0.717) is 30.6 Å². The molecular formula is C14H16O3. The molecule has 0 aliphatic carbocycles. The smallest absolute Gasteiger partial charge is 0.338 e. The molecule has 3 heteroatoms. The molecule has 0 N–H and O–H groups in total. The number of carbonyl (C=O) groups excluding carboxylic acids is 2. The van der Waals surface area contributed by atoms with E-state index in [4.69, 9.17) is 4.74 Å². The minimum absolute atomic E-state index is 0.0102. The fraction of sp³-hybridized carbons (Fsp3) is 0.286. The molecule has 1 aromatic carbocycles. The second kappa shape index (κ2) is 6.63. The molecule has 90 valence electrons. The van der Waals surface area contributed by atoms with Crippen LogP contribution in [0.15, 0.2) is 36.9 Å². The Bertz CT molecular complexity index is 421. The van der Waals surface area contributed by atoms with Gasteiger partial charge in [-0.2, -0.15) is 0 Å². The van der Waals surface area contributed by atoms with Crippen LogP contribution in [0.5, 0.6) is 0 Å². The summed E-state index contributed by atoms with van der Waals surface area (Å²) in [5.74, 6) is -0.387. The Balaban J connectivity index is 2.81. The average Bonchev–Trinajstić information content (AvgIpc) is 2.36. The Labute approximate surface area is 101 Å². The molecule has 0 saturated carbocycles. The summed E-state index contributed by atoms with van der Waals surface area (Å²) in [7, 11) is 0. The standard InChI is InChI=1S/C14H16O3/c1-3-5-9-13(15)11-7-6-8-12(10-11)14(16)17-4-2/h3,6-8,10H,1,4-5,9H2,2H3. The van der Waals surface area contributed by atoms with E-state index in [1.165, 1.54) is 0 Å². The van der Waals surface area contributed by atoms with Crippen LogP contribution in [0.25, 0.3) is 0 Å². The van der Waals surface area contributed by atoms with Crippen molar-refractivity contribution >= 4 is 11.8 Å². The van der Waals surface area contributed by atoms with Crippen molar-refractivity contribution in [2.24, 2.45) is 0 Å². The maximum absolute atomic E-state index is 11.7. The van der Waals surface area contributed by atoms with Crippen molar-refractivity contribution in [3.8, 4) is 0 Å². The molecule has 0 saturated heterocycles. The molecule has 3 nitrogen and oxygen atoms in total. The van der Waals surface area contributed by atoms with Gasteiger partial charge >= 0.3 is 5.97 Å². The first-order valence-electron chi connectivity index (χ1n) is 5.60. The van der Waals surface area contributed by atoms with Crippen molar-refractivity contribution in [1.82, 2.24) is 0 Å². The summed E-state index contributed by atoms with van der Waals surface area (Å²) in [6.07, 6.45) is 2.76. The SMILES string of the molecule is C=CCCC(=O)c1cccc(C(=O)OCC)c1. The Hall–Kier alpha value is -1.90. The highest BCUT2D eigenvalue weighted by Gasteiger charge is 2.10. The average molecular weight is 232 g/mol. The topological polar surface area (TPSA) is 43.4 Å². The number of benzene rings is 1. The zero-order valence-electron chi connectivity index (χ0n) is 9.94. The fourth-order valence-electron chi connectivity index (χ4n) is 1.41. The van der Waals surface area contributed by atoms with Crippen LogP contribution in [0, 0.1) is 0 Å². The Kier molecular flexibility index (Phi) is 5.14. The van der Waals surface area contributed by atoms with Gasteiger partial charge in [0.15, 0.2) is 5.78 Å². The molecule has 17 heavy (non-hydrogen) atoms. The molecule has 0 heterocycles. The second-order valence-corrected chi connectivity index (χ2v) is 3.55. The summed E-state index contributed by atoms with van der Waals surface area (Å²) in [6, 6.07) is 6.60. The number of ketones is 1. The summed E-state index contributed by atoms with van der Waals surface area (Å²) in [6.45, 7) is 5.64. The lowest BCUT2D eigenvalue weighted by Crippen LogP contribution is -2.06. The molecule has 0 fully saturated rings. The van der Waals surface area contributed by atoms with Gasteiger partial charge in [-0.05, 0) is 25.5 Å². The molecule has 0 spiro atoms. The number of hydrogen-bond donors (Lipinski definition) is 0. The predicted octanol–water partition coefficient (Wildman–Crippen LogP) is 3.01. The van der Waals surface area contributed by atoms with Crippen molar-refractivity contribution in [2.45, 2.75) is 19.8 Å². The van der Waals surface area contributed by atoms with Crippen LogP contribution < -0.4 is 0 Å². The van der Waals surface area contributed by atoms with Crippen LogP contribution in [-0.4, -0.2) is 18.4 Å². The van der Waals surface area contributed by atoms with Crippen LogP contribution in [0.2, 0.25) is 0 Å². The van der Waals surface area contributed by atoms with Gasteiger partial charge in [-0.15, -0.1) is 6.58 Å². The largest absolute Gasteiger partial charge is 0.462 e. The zero-order chi connectivity index (χ0) is 12.7. The van der Waals surface area contributed by atoms with Crippen LogP contribution in [-0.2, 0) is 4.74 Å². The number of allylic oxidation sites excluding steroid dienone is 1. The summed E-state index contributed by atoms with van der Waals surface area (Å²) in [5, 5.41) is 0. The molecule has 1 rings (SSSR count). The Morgan fingerprint density at radius 1 is 1.35 bits per heavy atom. The monoisotopic (exact) mass is 232 g/mol. The van der Waals surface area contributed by atoms with Gasteiger partial charge in [-0.1, -0.05) is 18.2 Å². The van der Waals surface area contributed by atoms with Gasteiger partial charge in [0.05, 0.1) is 12.2 Å². The molecule has 0 bridgehead atoms. The van der Waals surface area contributed by atoms with Gasteiger partial charge in [0, 0.05) is 12.0 Å². The van der Waals surface area contributed by atoms with Crippen molar-refractivity contribution in [3.05, 3.63) is 48.0 Å². The van der Waals surface area contributed by atoms with E-state index in [-0.39, 0.29) is 5.78 Å². The molecule has 0 aliphatic heterocycles. The number of rotatable bonds is 6. The Morgan fingerprint density at radius 2 is 2.06 bits per heavy atom. The van der Waals surface area contributed by atoms with Crippen LogP contribution in [0.1, 0.15) is 40.5 Å². The van der Waals surface area contributed by atoms with Crippen molar-refractivity contribution in [3.63, 3.8) is 0 Å². The summed E-state index contributed by atoms with van der Waals surface area (Å²) < 4.78 is 4.88. The lowest BCUT2D eigenvalue weighted by atomic mass is 10.0. The number of ether oxygens (including phenoxy) is 1. The first kappa shape index (κ1) is 13.2. The third kappa shape index (κ3) is 3.87. The van der Waals surface area contributed by atoms with Gasteiger partial charge in [-0.25, -0.2) is 4.79 Å². The summed E-state index contributed by atoms with van der Waals surface area (Å²) in [4.78, 5) is 23.2. The number of esters is 1. The maximum atomic E-state index is 11.7. The molecule has 0 unspecified atom stereocenters. The minimum atomic E-state index is -0.397. The summed E-state index contributed by atoms with van der Waals surface area (Å²) >= 11 is 0. The highest BCUT2D eigenvalue weighted by Crippen LogP contribution is 2.10. The van der Waals surface area contributed by atoms with Gasteiger partial charge in [0.25, 0.3) is 0 Å².